The second-order valence-corrected chi connectivity index (χ2v) is 4.18. The lowest BCUT2D eigenvalue weighted by atomic mass is 9.93. The van der Waals surface area contributed by atoms with Gasteiger partial charge in [-0.2, -0.15) is 0 Å². The summed E-state index contributed by atoms with van der Waals surface area (Å²) in [4.78, 5) is 4.05. The second kappa shape index (κ2) is 5.33. The van der Waals surface area contributed by atoms with Crippen molar-refractivity contribution in [3.63, 3.8) is 0 Å². The van der Waals surface area contributed by atoms with E-state index in [1.165, 1.54) is 19.3 Å². The standard InChI is InChI=1S/C11H15ClN2O/c12-9-4-5-11(14-8-9)15-7-6-13-10-2-1-3-10/h4-5,8,10,13H,1-3,6-7H2. The Bertz CT molecular complexity index is 298. The molecule has 1 aromatic rings. The summed E-state index contributed by atoms with van der Waals surface area (Å²) in [6.45, 7) is 1.54. The minimum Gasteiger partial charge on any atom is -0.476 e. The van der Waals surface area contributed by atoms with Gasteiger partial charge < -0.3 is 10.1 Å². The van der Waals surface area contributed by atoms with Crippen LogP contribution in [0.1, 0.15) is 19.3 Å². The first-order valence-electron chi connectivity index (χ1n) is 5.32. The summed E-state index contributed by atoms with van der Waals surface area (Å²) in [6.07, 6.45) is 5.56. The first-order chi connectivity index (χ1) is 7.34. The second-order valence-electron chi connectivity index (χ2n) is 3.75. The first kappa shape index (κ1) is 10.7. The topological polar surface area (TPSA) is 34.1 Å². The minimum atomic E-state index is 0.634. The van der Waals surface area contributed by atoms with E-state index < -0.39 is 0 Å². The summed E-state index contributed by atoms with van der Waals surface area (Å²) in [5.74, 6) is 0.634. The summed E-state index contributed by atoms with van der Waals surface area (Å²) in [5.41, 5.74) is 0. The number of halogens is 1. The third-order valence-electron chi connectivity index (χ3n) is 2.59. The van der Waals surface area contributed by atoms with Crippen molar-refractivity contribution in [2.75, 3.05) is 13.2 Å². The molecule has 0 bridgehead atoms. The Morgan fingerprint density at radius 3 is 2.93 bits per heavy atom. The fraction of sp³-hybridized carbons (Fsp3) is 0.545. The zero-order valence-corrected chi connectivity index (χ0v) is 9.33. The monoisotopic (exact) mass is 226 g/mol. The quantitative estimate of drug-likeness (QED) is 0.783. The van der Waals surface area contributed by atoms with Crippen LogP contribution in [-0.2, 0) is 0 Å². The van der Waals surface area contributed by atoms with Gasteiger partial charge in [-0.05, 0) is 18.9 Å². The lowest BCUT2D eigenvalue weighted by molar-refractivity contribution is 0.269. The fourth-order valence-corrected chi connectivity index (χ4v) is 1.59. The fourth-order valence-electron chi connectivity index (χ4n) is 1.48. The van der Waals surface area contributed by atoms with E-state index in [1.54, 1.807) is 18.3 Å². The van der Waals surface area contributed by atoms with Crippen LogP contribution in [0.2, 0.25) is 5.02 Å². The molecule has 1 fully saturated rings. The van der Waals surface area contributed by atoms with Crippen LogP contribution in [0.25, 0.3) is 0 Å². The van der Waals surface area contributed by atoms with Gasteiger partial charge >= 0.3 is 0 Å². The average molecular weight is 227 g/mol. The smallest absolute Gasteiger partial charge is 0.213 e. The van der Waals surface area contributed by atoms with Gasteiger partial charge in [0.25, 0.3) is 0 Å². The summed E-state index contributed by atoms with van der Waals surface area (Å²) in [7, 11) is 0. The average Bonchev–Trinajstić information content (AvgIpc) is 2.18. The maximum Gasteiger partial charge on any atom is 0.213 e. The normalized spacial score (nSPS) is 16.1. The highest BCUT2D eigenvalue weighted by atomic mass is 35.5. The molecule has 3 nitrogen and oxygen atoms in total. The predicted molar refractivity (Wildman–Crippen MR) is 60.4 cm³/mol. The van der Waals surface area contributed by atoms with Crippen LogP contribution in [0.15, 0.2) is 18.3 Å². The molecular formula is C11H15ClN2O. The molecule has 1 heterocycles. The maximum atomic E-state index is 5.71. The van der Waals surface area contributed by atoms with Crippen molar-refractivity contribution in [1.29, 1.82) is 0 Å². The number of rotatable bonds is 5. The minimum absolute atomic E-state index is 0.634. The molecule has 0 amide bonds. The van der Waals surface area contributed by atoms with E-state index in [-0.39, 0.29) is 0 Å². The van der Waals surface area contributed by atoms with E-state index in [2.05, 4.69) is 10.3 Å². The number of hydrogen-bond acceptors (Lipinski definition) is 3. The van der Waals surface area contributed by atoms with Crippen LogP contribution in [0.5, 0.6) is 5.88 Å². The molecule has 0 saturated heterocycles. The third-order valence-corrected chi connectivity index (χ3v) is 2.81. The molecule has 4 heteroatoms. The van der Waals surface area contributed by atoms with Gasteiger partial charge in [-0.3, -0.25) is 0 Å². The van der Waals surface area contributed by atoms with E-state index >= 15 is 0 Å². The van der Waals surface area contributed by atoms with Gasteiger partial charge in [0.05, 0.1) is 5.02 Å². The predicted octanol–water partition coefficient (Wildman–Crippen LogP) is 2.26. The molecule has 0 atom stereocenters. The van der Waals surface area contributed by atoms with Gasteiger partial charge in [0.15, 0.2) is 0 Å². The van der Waals surface area contributed by atoms with Crippen molar-refractivity contribution in [3.05, 3.63) is 23.4 Å². The van der Waals surface area contributed by atoms with Gasteiger partial charge in [0.1, 0.15) is 6.61 Å². The zero-order valence-electron chi connectivity index (χ0n) is 8.58. The highest BCUT2D eigenvalue weighted by Gasteiger charge is 2.15. The number of nitrogens with one attached hydrogen (secondary N) is 1. The van der Waals surface area contributed by atoms with Crippen molar-refractivity contribution < 1.29 is 4.74 Å². The third kappa shape index (κ3) is 3.36. The number of ether oxygens (including phenoxy) is 1. The number of aromatic nitrogens is 1. The Morgan fingerprint density at radius 1 is 1.47 bits per heavy atom. The van der Waals surface area contributed by atoms with Crippen molar-refractivity contribution in [2.24, 2.45) is 0 Å². The molecule has 15 heavy (non-hydrogen) atoms. The van der Waals surface area contributed by atoms with Crippen molar-refractivity contribution >= 4 is 11.6 Å². The van der Waals surface area contributed by atoms with E-state index in [1.807, 2.05) is 0 Å². The Kier molecular flexibility index (Phi) is 3.80. The Morgan fingerprint density at radius 2 is 2.33 bits per heavy atom. The van der Waals surface area contributed by atoms with Crippen LogP contribution in [-0.4, -0.2) is 24.2 Å². The van der Waals surface area contributed by atoms with Crippen molar-refractivity contribution in [1.82, 2.24) is 10.3 Å². The molecular weight excluding hydrogens is 212 g/mol. The van der Waals surface area contributed by atoms with Crippen molar-refractivity contribution in [3.8, 4) is 5.88 Å². The lowest BCUT2D eigenvalue weighted by Gasteiger charge is -2.26. The van der Waals surface area contributed by atoms with E-state index in [0.29, 0.717) is 23.6 Å². The lowest BCUT2D eigenvalue weighted by Crippen LogP contribution is -2.37. The molecule has 0 radical (unpaired) electrons. The first-order valence-corrected chi connectivity index (χ1v) is 5.70. The molecule has 0 aliphatic heterocycles. The van der Waals surface area contributed by atoms with E-state index in [4.69, 9.17) is 16.3 Å². The molecule has 82 valence electrons. The Hall–Kier alpha value is -0.800. The summed E-state index contributed by atoms with van der Waals surface area (Å²) in [5, 5.41) is 4.06. The molecule has 0 spiro atoms. The Labute approximate surface area is 94.8 Å². The maximum absolute atomic E-state index is 5.71. The number of pyridine rings is 1. The van der Waals surface area contributed by atoms with Gasteiger partial charge in [0, 0.05) is 24.8 Å². The largest absolute Gasteiger partial charge is 0.476 e. The van der Waals surface area contributed by atoms with Gasteiger partial charge in [0.2, 0.25) is 5.88 Å². The molecule has 1 saturated carbocycles. The molecule has 1 N–H and O–H groups in total. The molecule has 0 unspecified atom stereocenters. The molecule has 1 aliphatic carbocycles. The molecule has 1 aromatic heterocycles. The Balaban J connectivity index is 1.62. The highest BCUT2D eigenvalue weighted by Crippen LogP contribution is 2.17. The van der Waals surface area contributed by atoms with Crippen LogP contribution < -0.4 is 10.1 Å². The van der Waals surface area contributed by atoms with Crippen LogP contribution >= 0.6 is 11.6 Å². The highest BCUT2D eigenvalue weighted by molar-refractivity contribution is 6.30. The van der Waals surface area contributed by atoms with Gasteiger partial charge in [-0.1, -0.05) is 18.0 Å². The molecule has 2 rings (SSSR count). The number of hydrogen-bond donors (Lipinski definition) is 1. The van der Waals surface area contributed by atoms with Gasteiger partial charge in [-0.25, -0.2) is 4.98 Å². The van der Waals surface area contributed by atoms with Crippen LogP contribution in [0, 0.1) is 0 Å². The van der Waals surface area contributed by atoms with E-state index in [0.717, 1.165) is 6.54 Å². The molecule has 0 aromatic carbocycles. The van der Waals surface area contributed by atoms with Crippen LogP contribution in [0.4, 0.5) is 0 Å². The number of nitrogens with zero attached hydrogens (tertiary/aromatic N) is 1. The van der Waals surface area contributed by atoms with Gasteiger partial charge in [-0.15, -0.1) is 0 Å². The summed E-state index contributed by atoms with van der Waals surface area (Å²) < 4.78 is 5.45. The summed E-state index contributed by atoms with van der Waals surface area (Å²) in [6, 6.07) is 4.28. The molecule has 1 aliphatic rings. The van der Waals surface area contributed by atoms with Crippen molar-refractivity contribution in [2.45, 2.75) is 25.3 Å². The van der Waals surface area contributed by atoms with Crippen LogP contribution in [0.3, 0.4) is 0 Å². The SMILES string of the molecule is Clc1ccc(OCCNC2CCC2)nc1. The van der Waals surface area contributed by atoms with E-state index in [9.17, 15) is 0 Å². The zero-order chi connectivity index (χ0) is 10.5. The summed E-state index contributed by atoms with van der Waals surface area (Å²) >= 11 is 5.71.